The van der Waals surface area contributed by atoms with Gasteiger partial charge in [0, 0.05) is 18.7 Å². The van der Waals surface area contributed by atoms with Crippen molar-refractivity contribution in [2.24, 2.45) is 0 Å². The van der Waals surface area contributed by atoms with Crippen LogP contribution < -0.4 is 0 Å². The van der Waals surface area contributed by atoms with Crippen LogP contribution in [0.3, 0.4) is 0 Å². The minimum atomic E-state index is -3.63. The number of nitrogens with zero attached hydrogens (tertiary/aromatic N) is 3. The molecule has 2 heterocycles. The summed E-state index contributed by atoms with van der Waals surface area (Å²) < 4.78 is 44.5. The number of halogens is 1. The van der Waals surface area contributed by atoms with Gasteiger partial charge in [0.1, 0.15) is 5.82 Å². The molecular formula is C17H14FN3O3S. The molecule has 3 aromatic rings. The first-order chi connectivity index (χ1) is 12.0. The summed E-state index contributed by atoms with van der Waals surface area (Å²) in [5.74, 6) is 0.291. The zero-order chi connectivity index (χ0) is 17.4. The second-order valence-electron chi connectivity index (χ2n) is 5.80. The Kier molecular flexibility index (Phi) is 3.85. The molecule has 8 heteroatoms. The van der Waals surface area contributed by atoms with Crippen molar-refractivity contribution in [1.82, 2.24) is 14.4 Å². The highest BCUT2D eigenvalue weighted by molar-refractivity contribution is 7.89. The van der Waals surface area contributed by atoms with Crippen molar-refractivity contribution in [2.75, 3.05) is 13.1 Å². The second-order valence-corrected chi connectivity index (χ2v) is 7.73. The lowest BCUT2D eigenvalue weighted by atomic mass is 10.0. The Morgan fingerprint density at radius 1 is 1.04 bits per heavy atom. The Hall–Kier alpha value is -2.58. The molecular weight excluding hydrogens is 345 g/mol. The summed E-state index contributed by atoms with van der Waals surface area (Å²) in [4.78, 5) is 4.43. The summed E-state index contributed by atoms with van der Waals surface area (Å²) in [6.45, 7) is 0.520. The van der Waals surface area contributed by atoms with Gasteiger partial charge in [0.25, 0.3) is 0 Å². The molecule has 0 amide bonds. The van der Waals surface area contributed by atoms with Crippen molar-refractivity contribution in [2.45, 2.75) is 10.8 Å². The van der Waals surface area contributed by atoms with Crippen LogP contribution >= 0.6 is 0 Å². The third-order valence-corrected chi connectivity index (χ3v) is 5.97. The molecule has 0 bridgehead atoms. The fourth-order valence-electron chi connectivity index (χ4n) is 2.65. The highest BCUT2D eigenvalue weighted by atomic mass is 32.2. The quantitative estimate of drug-likeness (QED) is 0.716. The van der Waals surface area contributed by atoms with Crippen LogP contribution in [0.15, 0.2) is 64.0 Å². The smallest absolute Gasteiger partial charge is 0.243 e. The van der Waals surface area contributed by atoms with E-state index < -0.39 is 15.8 Å². The largest absolute Gasteiger partial charge is 0.339 e. The van der Waals surface area contributed by atoms with Gasteiger partial charge in [-0.25, -0.2) is 12.8 Å². The van der Waals surface area contributed by atoms with Crippen molar-refractivity contribution < 1.29 is 17.3 Å². The highest BCUT2D eigenvalue weighted by Gasteiger charge is 2.40. The van der Waals surface area contributed by atoms with Gasteiger partial charge >= 0.3 is 0 Å². The van der Waals surface area contributed by atoms with Crippen LogP contribution in [0.25, 0.3) is 11.4 Å². The molecule has 1 saturated heterocycles. The molecule has 128 valence electrons. The molecule has 25 heavy (non-hydrogen) atoms. The molecule has 0 saturated carbocycles. The van der Waals surface area contributed by atoms with Gasteiger partial charge in [0.05, 0.1) is 10.8 Å². The fraction of sp³-hybridized carbons (Fsp3) is 0.176. The van der Waals surface area contributed by atoms with E-state index in [1.165, 1.54) is 16.4 Å². The van der Waals surface area contributed by atoms with E-state index in [9.17, 15) is 12.8 Å². The average Bonchev–Trinajstić information content (AvgIpc) is 3.04. The Labute approximate surface area is 144 Å². The molecule has 1 aliphatic heterocycles. The Morgan fingerprint density at radius 2 is 1.72 bits per heavy atom. The normalized spacial score (nSPS) is 15.9. The fourth-order valence-corrected chi connectivity index (χ4v) is 4.18. The van der Waals surface area contributed by atoms with Crippen LogP contribution in [0.5, 0.6) is 0 Å². The molecule has 0 aliphatic carbocycles. The minimum absolute atomic E-state index is 0.0721. The van der Waals surface area contributed by atoms with Crippen LogP contribution in [0.4, 0.5) is 4.39 Å². The van der Waals surface area contributed by atoms with E-state index in [2.05, 4.69) is 10.1 Å². The van der Waals surface area contributed by atoms with Crippen molar-refractivity contribution in [3.05, 3.63) is 66.3 Å². The molecule has 1 aromatic heterocycles. The lowest BCUT2D eigenvalue weighted by Gasteiger charge is -2.35. The lowest BCUT2D eigenvalue weighted by molar-refractivity contribution is 0.217. The van der Waals surface area contributed by atoms with E-state index in [1.54, 1.807) is 0 Å². The minimum Gasteiger partial charge on any atom is -0.339 e. The van der Waals surface area contributed by atoms with Gasteiger partial charge in [0.15, 0.2) is 0 Å². The van der Waals surface area contributed by atoms with Crippen LogP contribution in [0, 0.1) is 5.82 Å². The molecule has 4 rings (SSSR count). The van der Waals surface area contributed by atoms with Gasteiger partial charge in [-0.15, -0.1) is 0 Å². The number of rotatable bonds is 4. The summed E-state index contributed by atoms with van der Waals surface area (Å²) in [5.41, 5.74) is 0.840. The van der Waals surface area contributed by atoms with Gasteiger partial charge in [-0.1, -0.05) is 35.5 Å². The summed E-state index contributed by atoms with van der Waals surface area (Å²) in [6.07, 6.45) is 0. The van der Waals surface area contributed by atoms with Crippen LogP contribution in [-0.4, -0.2) is 36.0 Å². The van der Waals surface area contributed by atoms with E-state index in [1.807, 2.05) is 30.3 Å². The predicted octanol–water partition coefficient (Wildman–Crippen LogP) is 2.66. The maximum Gasteiger partial charge on any atom is 0.243 e. The van der Waals surface area contributed by atoms with Crippen LogP contribution in [0.2, 0.25) is 0 Å². The summed E-state index contributed by atoms with van der Waals surface area (Å²) >= 11 is 0. The zero-order valence-corrected chi connectivity index (χ0v) is 13.9. The first-order valence-corrected chi connectivity index (χ1v) is 9.13. The third kappa shape index (κ3) is 2.94. The molecule has 0 radical (unpaired) electrons. The van der Waals surface area contributed by atoms with E-state index >= 15 is 0 Å². The molecule has 0 N–H and O–H groups in total. The van der Waals surface area contributed by atoms with Crippen LogP contribution in [0.1, 0.15) is 11.8 Å². The number of aromatic nitrogens is 2. The van der Waals surface area contributed by atoms with E-state index in [0.29, 0.717) is 11.7 Å². The van der Waals surface area contributed by atoms with Crippen molar-refractivity contribution in [3.63, 3.8) is 0 Å². The first kappa shape index (κ1) is 15.9. The molecule has 0 spiro atoms. The molecule has 0 atom stereocenters. The zero-order valence-electron chi connectivity index (χ0n) is 13.0. The monoisotopic (exact) mass is 359 g/mol. The van der Waals surface area contributed by atoms with Crippen molar-refractivity contribution in [1.29, 1.82) is 0 Å². The second kappa shape index (κ2) is 6.05. The Morgan fingerprint density at radius 3 is 2.40 bits per heavy atom. The van der Waals surface area contributed by atoms with Gasteiger partial charge in [0.2, 0.25) is 21.7 Å². The number of hydrogen-bond acceptors (Lipinski definition) is 5. The predicted molar refractivity (Wildman–Crippen MR) is 87.6 cm³/mol. The van der Waals surface area contributed by atoms with Crippen molar-refractivity contribution >= 4 is 10.0 Å². The average molecular weight is 359 g/mol. The maximum atomic E-state index is 13.0. The highest BCUT2D eigenvalue weighted by Crippen LogP contribution is 2.32. The van der Waals surface area contributed by atoms with Gasteiger partial charge in [-0.05, 0) is 24.3 Å². The Bertz CT molecular complexity index is 981. The molecule has 1 aliphatic rings. The topological polar surface area (TPSA) is 76.3 Å². The third-order valence-electron chi connectivity index (χ3n) is 4.12. The van der Waals surface area contributed by atoms with Crippen molar-refractivity contribution in [3.8, 4) is 11.4 Å². The summed E-state index contributed by atoms with van der Waals surface area (Å²) in [6, 6.07) is 14.2. The van der Waals surface area contributed by atoms with E-state index in [0.717, 1.165) is 17.7 Å². The lowest BCUT2D eigenvalue weighted by Crippen LogP contribution is -2.48. The molecule has 6 nitrogen and oxygen atoms in total. The van der Waals surface area contributed by atoms with Gasteiger partial charge in [-0.3, -0.25) is 0 Å². The van der Waals surface area contributed by atoms with Crippen LogP contribution in [-0.2, 0) is 10.0 Å². The molecule has 1 fully saturated rings. The van der Waals surface area contributed by atoms with Gasteiger partial charge < -0.3 is 4.52 Å². The standard InChI is InChI=1S/C17H14FN3O3S/c18-14-6-8-15(9-7-14)25(22,23)21-10-13(11-21)17-19-16(20-24-17)12-4-2-1-3-5-12/h1-9,13H,10-11H2. The number of sulfonamides is 1. The Balaban J connectivity index is 1.47. The SMILES string of the molecule is O=S(=O)(c1ccc(F)cc1)N1CC(c2nc(-c3ccccc3)no2)C1. The summed E-state index contributed by atoms with van der Waals surface area (Å²) in [5, 5.41) is 3.95. The molecule has 0 unspecified atom stereocenters. The number of hydrogen-bond donors (Lipinski definition) is 0. The molecule has 2 aromatic carbocycles. The van der Waals surface area contributed by atoms with E-state index in [4.69, 9.17) is 4.52 Å². The van der Waals surface area contributed by atoms with E-state index in [-0.39, 0.29) is 23.9 Å². The first-order valence-electron chi connectivity index (χ1n) is 7.69. The summed E-state index contributed by atoms with van der Waals surface area (Å²) in [7, 11) is -3.63. The van der Waals surface area contributed by atoms with Gasteiger partial charge in [-0.2, -0.15) is 9.29 Å². The maximum absolute atomic E-state index is 13.0. The number of benzene rings is 2.